The number of nitrogens with two attached hydrogens (primary N) is 3. The maximum atomic E-state index is 10.3. The van der Waals surface area contributed by atoms with Gasteiger partial charge in [-0.25, -0.2) is 14.5 Å². The second kappa shape index (κ2) is 3.67. The molecule has 6 nitrogen and oxygen atoms in total. The Hall–Kier alpha value is -1.30. The van der Waals surface area contributed by atoms with E-state index in [4.69, 9.17) is 17.2 Å². The Labute approximate surface area is 57.9 Å². The molecule has 0 spiro atoms. The van der Waals surface area contributed by atoms with Gasteiger partial charge in [0.15, 0.2) is 0 Å². The van der Waals surface area contributed by atoms with Crippen LogP contribution in [0, 0.1) is 0 Å². The lowest BCUT2D eigenvalue weighted by atomic mass is 10.5. The first-order chi connectivity index (χ1) is 4.59. The summed E-state index contributed by atoms with van der Waals surface area (Å²) in [4.78, 5) is 21.3. The van der Waals surface area contributed by atoms with Crippen molar-refractivity contribution in [1.29, 1.82) is 0 Å². The zero-order valence-corrected chi connectivity index (χ0v) is 5.41. The van der Waals surface area contributed by atoms with Crippen molar-refractivity contribution in [2.75, 3.05) is 13.1 Å². The first-order valence-corrected chi connectivity index (χ1v) is 2.66. The van der Waals surface area contributed by atoms with E-state index in [2.05, 4.69) is 0 Å². The quantitative estimate of drug-likeness (QED) is 0.435. The van der Waals surface area contributed by atoms with Gasteiger partial charge in [-0.3, -0.25) is 0 Å². The first-order valence-electron chi connectivity index (χ1n) is 2.66. The monoisotopic (exact) mass is 146 g/mol. The molecule has 4 amide bonds. The van der Waals surface area contributed by atoms with E-state index in [1.165, 1.54) is 0 Å². The fourth-order valence-electron chi connectivity index (χ4n) is 0.458. The zero-order valence-electron chi connectivity index (χ0n) is 5.41. The highest BCUT2D eigenvalue weighted by Crippen LogP contribution is 1.83. The molecule has 6 N–H and O–H groups in total. The minimum Gasteiger partial charge on any atom is -0.351 e. The molecule has 10 heavy (non-hydrogen) atoms. The van der Waals surface area contributed by atoms with Gasteiger partial charge in [-0.05, 0) is 0 Å². The van der Waals surface area contributed by atoms with Crippen LogP contribution in [0.25, 0.3) is 0 Å². The number of nitrogens with zero attached hydrogens (tertiary/aromatic N) is 1. The van der Waals surface area contributed by atoms with Gasteiger partial charge in [0.25, 0.3) is 0 Å². The summed E-state index contributed by atoms with van der Waals surface area (Å²) in [5.41, 5.74) is 14.6. The molecule has 0 atom stereocenters. The van der Waals surface area contributed by atoms with Crippen molar-refractivity contribution in [3.8, 4) is 0 Å². The zero-order chi connectivity index (χ0) is 8.15. The van der Waals surface area contributed by atoms with Crippen LogP contribution >= 0.6 is 0 Å². The lowest BCUT2D eigenvalue weighted by Crippen LogP contribution is -2.46. The SMILES string of the molecule is NCCN(C(N)=O)C(N)=O. The average molecular weight is 146 g/mol. The van der Waals surface area contributed by atoms with Crippen molar-refractivity contribution in [3.05, 3.63) is 0 Å². The molecule has 0 aromatic rings. The Kier molecular flexibility index (Phi) is 3.20. The normalized spacial score (nSPS) is 8.90. The Morgan fingerprint density at radius 3 is 1.70 bits per heavy atom. The molecule has 0 aliphatic carbocycles. The van der Waals surface area contributed by atoms with Gasteiger partial charge in [0, 0.05) is 13.1 Å². The number of rotatable bonds is 2. The van der Waals surface area contributed by atoms with Gasteiger partial charge in [0.2, 0.25) is 0 Å². The number of carbonyl (C=O) groups is 2. The van der Waals surface area contributed by atoms with Crippen LogP contribution in [0.3, 0.4) is 0 Å². The third-order valence-electron chi connectivity index (χ3n) is 0.885. The smallest absolute Gasteiger partial charge is 0.322 e. The molecule has 0 bridgehead atoms. The predicted octanol–water partition coefficient (Wildman–Crippen LogP) is -1.60. The molecule has 0 aliphatic heterocycles. The maximum Gasteiger partial charge on any atom is 0.322 e. The van der Waals surface area contributed by atoms with Gasteiger partial charge in [0.05, 0.1) is 0 Å². The average Bonchev–Trinajstić information content (AvgIpc) is 1.81. The van der Waals surface area contributed by atoms with Crippen molar-refractivity contribution in [2.45, 2.75) is 0 Å². The molecule has 0 rings (SSSR count). The summed E-state index contributed by atoms with van der Waals surface area (Å²) in [6.07, 6.45) is 0. The first kappa shape index (κ1) is 8.70. The van der Waals surface area contributed by atoms with Crippen molar-refractivity contribution in [1.82, 2.24) is 4.90 Å². The number of hydrogen-bond donors (Lipinski definition) is 3. The summed E-state index contributed by atoms with van der Waals surface area (Å²) in [6.45, 7) is 0.219. The number of primary amides is 2. The molecule has 0 unspecified atom stereocenters. The Morgan fingerprint density at radius 1 is 1.20 bits per heavy atom. The largest absolute Gasteiger partial charge is 0.351 e. The Morgan fingerprint density at radius 2 is 1.60 bits per heavy atom. The summed E-state index contributed by atoms with van der Waals surface area (Å²) < 4.78 is 0. The molecule has 0 aromatic heterocycles. The Bertz CT molecular complexity index is 132. The van der Waals surface area contributed by atoms with Crippen LogP contribution in [0.15, 0.2) is 0 Å². The lowest BCUT2D eigenvalue weighted by Gasteiger charge is -2.13. The van der Waals surface area contributed by atoms with E-state index < -0.39 is 12.1 Å². The fourth-order valence-corrected chi connectivity index (χ4v) is 0.458. The van der Waals surface area contributed by atoms with Crippen LogP contribution in [-0.4, -0.2) is 30.1 Å². The summed E-state index contributed by atoms with van der Waals surface area (Å²) in [5.74, 6) is 0. The van der Waals surface area contributed by atoms with E-state index in [1.807, 2.05) is 0 Å². The molecule has 58 valence electrons. The third-order valence-corrected chi connectivity index (χ3v) is 0.885. The van der Waals surface area contributed by atoms with Crippen molar-refractivity contribution in [3.63, 3.8) is 0 Å². The summed E-state index contributed by atoms with van der Waals surface area (Å²) >= 11 is 0. The van der Waals surface area contributed by atoms with E-state index >= 15 is 0 Å². The lowest BCUT2D eigenvalue weighted by molar-refractivity contribution is 0.198. The number of hydrogen-bond acceptors (Lipinski definition) is 3. The molecule has 0 aromatic carbocycles. The van der Waals surface area contributed by atoms with E-state index in [1.54, 1.807) is 0 Å². The second-order valence-corrected chi connectivity index (χ2v) is 1.62. The van der Waals surface area contributed by atoms with Gasteiger partial charge in [-0.1, -0.05) is 0 Å². The van der Waals surface area contributed by atoms with E-state index in [-0.39, 0.29) is 13.1 Å². The van der Waals surface area contributed by atoms with Crippen molar-refractivity contribution < 1.29 is 9.59 Å². The molecule has 0 fully saturated rings. The highest BCUT2D eigenvalue weighted by Gasteiger charge is 2.12. The molecule has 0 saturated heterocycles. The topological polar surface area (TPSA) is 115 Å². The standard InChI is InChI=1S/C4H10N4O2/c5-1-2-8(3(6)9)4(7)10/h1-2,5H2,(H2,6,9)(H2,7,10). The van der Waals surface area contributed by atoms with Crippen LogP contribution < -0.4 is 17.2 Å². The van der Waals surface area contributed by atoms with E-state index in [0.29, 0.717) is 4.90 Å². The van der Waals surface area contributed by atoms with Crippen molar-refractivity contribution in [2.24, 2.45) is 17.2 Å². The molecule has 0 radical (unpaired) electrons. The van der Waals surface area contributed by atoms with Crippen LogP contribution in [-0.2, 0) is 0 Å². The van der Waals surface area contributed by atoms with Gasteiger partial charge in [-0.2, -0.15) is 0 Å². The maximum absolute atomic E-state index is 10.3. The van der Waals surface area contributed by atoms with Gasteiger partial charge in [-0.15, -0.1) is 0 Å². The van der Waals surface area contributed by atoms with Crippen LogP contribution in [0.1, 0.15) is 0 Å². The molecule has 0 aliphatic rings. The van der Waals surface area contributed by atoms with Gasteiger partial charge < -0.3 is 17.2 Å². The molecule has 0 heterocycles. The Balaban J connectivity index is 3.98. The van der Waals surface area contributed by atoms with Gasteiger partial charge in [0.1, 0.15) is 0 Å². The third kappa shape index (κ3) is 2.31. The highest BCUT2D eigenvalue weighted by atomic mass is 16.2. The van der Waals surface area contributed by atoms with E-state index in [9.17, 15) is 9.59 Å². The number of amides is 4. The van der Waals surface area contributed by atoms with Crippen molar-refractivity contribution >= 4 is 12.1 Å². The molecular formula is C4H10N4O2. The summed E-state index contributed by atoms with van der Waals surface area (Å²) in [5, 5.41) is 0. The fraction of sp³-hybridized carbons (Fsp3) is 0.500. The van der Waals surface area contributed by atoms with Crippen LogP contribution in [0.5, 0.6) is 0 Å². The van der Waals surface area contributed by atoms with Crippen LogP contribution in [0.2, 0.25) is 0 Å². The van der Waals surface area contributed by atoms with Gasteiger partial charge >= 0.3 is 12.1 Å². The molecule has 6 heteroatoms. The molecule has 0 saturated carbocycles. The number of carbonyl (C=O) groups excluding carboxylic acids is 2. The number of imide groups is 1. The summed E-state index contributed by atoms with van der Waals surface area (Å²) in [6, 6.07) is -1.75. The summed E-state index contributed by atoms with van der Waals surface area (Å²) in [7, 11) is 0. The predicted molar refractivity (Wildman–Crippen MR) is 34.9 cm³/mol. The van der Waals surface area contributed by atoms with E-state index in [0.717, 1.165) is 0 Å². The van der Waals surface area contributed by atoms with Crippen LogP contribution in [0.4, 0.5) is 9.59 Å². The minimum absolute atomic E-state index is 0.0602. The highest BCUT2D eigenvalue weighted by molar-refractivity contribution is 5.91. The minimum atomic E-state index is -0.877. The number of urea groups is 2. The second-order valence-electron chi connectivity index (χ2n) is 1.62. The molecular weight excluding hydrogens is 136 g/mol.